The number of hydrogen-bond acceptors (Lipinski definition) is 13. The quantitative estimate of drug-likeness (QED) is 0.0334. The Morgan fingerprint density at radius 1 is 0.375 bits per heavy atom. The number of piperazine rings is 1. The summed E-state index contributed by atoms with van der Waals surface area (Å²) >= 11 is 0. The Balaban J connectivity index is 1.64. The average molecular weight is 922 g/mol. The minimum absolute atomic E-state index is 0.160. The second-order valence-corrected chi connectivity index (χ2v) is 17.4. The van der Waals surface area contributed by atoms with Gasteiger partial charge in [0.2, 0.25) is 0 Å². The number of unbranched alkanes of at least 4 members (excludes halogenated alkanes) is 16. The van der Waals surface area contributed by atoms with Crippen LogP contribution >= 0.6 is 0 Å². The van der Waals surface area contributed by atoms with Crippen LogP contribution in [0.4, 0.5) is 0 Å². The van der Waals surface area contributed by atoms with E-state index in [0.29, 0.717) is 132 Å². The lowest BCUT2D eigenvalue weighted by atomic mass is 10.0. The molecule has 0 saturated carbocycles. The summed E-state index contributed by atoms with van der Waals surface area (Å²) in [6.45, 7) is 21.9. The second kappa shape index (κ2) is 49.9. The van der Waals surface area contributed by atoms with Gasteiger partial charge in [-0.05, 0) is 12.8 Å². The number of hydrogen-bond donors (Lipinski definition) is 0. The van der Waals surface area contributed by atoms with Gasteiger partial charge in [0.15, 0.2) is 0 Å². The van der Waals surface area contributed by atoms with E-state index in [9.17, 15) is 4.79 Å². The Labute approximate surface area is 392 Å². The Kier molecular flexibility index (Phi) is 47.5. The number of quaternary nitrogens is 1. The van der Waals surface area contributed by atoms with Crippen LogP contribution in [-0.2, 0) is 56.9 Å². The number of likely N-dealkylation sites (N-methyl/N-ethyl adjacent to an activating group) is 1. The van der Waals surface area contributed by atoms with Gasteiger partial charge in [-0.25, -0.2) is 0 Å². The van der Waals surface area contributed by atoms with Gasteiger partial charge >= 0.3 is 5.97 Å². The Morgan fingerprint density at radius 3 is 0.984 bits per heavy atom. The highest BCUT2D eigenvalue weighted by molar-refractivity contribution is 5.69. The van der Waals surface area contributed by atoms with Gasteiger partial charge in [0, 0.05) is 26.2 Å². The van der Waals surface area contributed by atoms with Crippen LogP contribution in [0.1, 0.15) is 136 Å². The summed E-state index contributed by atoms with van der Waals surface area (Å²) in [5.74, 6) is -0.160. The van der Waals surface area contributed by atoms with Crippen molar-refractivity contribution in [2.24, 2.45) is 0 Å². The molecule has 0 bridgehead atoms. The fourth-order valence-electron chi connectivity index (χ4n) is 7.35. The number of carbonyl (C=O) groups excluding carboxylic acids is 1. The van der Waals surface area contributed by atoms with Gasteiger partial charge in [0.1, 0.15) is 6.61 Å². The van der Waals surface area contributed by atoms with E-state index in [-0.39, 0.29) is 12.6 Å². The predicted molar refractivity (Wildman–Crippen MR) is 255 cm³/mol. The highest BCUT2D eigenvalue weighted by Crippen LogP contribution is 2.14. The van der Waals surface area contributed by atoms with E-state index in [1.807, 2.05) is 0 Å². The molecule has 14 nitrogen and oxygen atoms in total. The molecule has 0 aromatic carbocycles. The zero-order valence-electron chi connectivity index (χ0n) is 41.8. The first kappa shape index (κ1) is 61.0. The summed E-state index contributed by atoms with van der Waals surface area (Å²) in [7, 11) is 2.35. The van der Waals surface area contributed by atoms with E-state index < -0.39 is 0 Å². The summed E-state index contributed by atoms with van der Waals surface area (Å²) in [5, 5.41) is 0. The lowest BCUT2D eigenvalue weighted by molar-refractivity contribution is -0.913. The Bertz CT molecular complexity index is 931. The average Bonchev–Trinajstić information content (AvgIpc) is 3.30. The standard InChI is InChI=1S/C50H101N2O12/c1-4-6-8-9-10-11-12-13-14-15-16-17-18-19-20-21-29-54-30-31-55-32-33-56-34-35-57-36-37-58-38-39-59-40-41-60-42-43-61-44-45-62-46-47-63-48-49-64-50(53)22-23-51-24-27-52(3,28-25-51)26-7-5-2/h4-49H2,1-3H3/q+1. The molecule has 382 valence electrons. The van der Waals surface area contributed by atoms with Crippen molar-refractivity contribution in [3.63, 3.8) is 0 Å². The van der Waals surface area contributed by atoms with Crippen molar-refractivity contribution in [3.05, 3.63) is 0 Å². The van der Waals surface area contributed by atoms with Crippen LogP contribution < -0.4 is 0 Å². The smallest absolute Gasteiger partial charge is 0.307 e. The van der Waals surface area contributed by atoms with Crippen LogP contribution in [0, 0.1) is 0 Å². The zero-order chi connectivity index (χ0) is 46.0. The highest BCUT2D eigenvalue weighted by Gasteiger charge is 2.28. The first-order valence-corrected chi connectivity index (χ1v) is 26.1. The van der Waals surface area contributed by atoms with E-state index in [4.69, 9.17) is 52.1 Å². The molecule has 64 heavy (non-hydrogen) atoms. The second-order valence-electron chi connectivity index (χ2n) is 17.4. The number of ether oxygens (including phenoxy) is 11. The molecular weight excluding hydrogens is 821 g/mol. The molecule has 0 aromatic heterocycles. The van der Waals surface area contributed by atoms with E-state index >= 15 is 0 Å². The summed E-state index contributed by atoms with van der Waals surface area (Å²) in [4.78, 5) is 14.5. The van der Waals surface area contributed by atoms with E-state index in [2.05, 4.69) is 25.8 Å². The molecule has 1 fully saturated rings. The SMILES string of the molecule is CCCCCCCCCCCCCCCCCCOCCOCCOCCOCCOCCOCCOCCOCCOCCOCCOC(=O)CCN1CC[N+](C)(CCCC)CC1. The van der Waals surface area contributed by atoms with Gasteiger partial charge in [0.25, 0.3) is 0 Å². The monoisotopic (exact) mass is 922 g/mol. The number of nitrogens with zero attached hydrogens (tertiary/aromatic N) is 2. The van der Waals surface area contributed by atoms with Gasteiger partial charge < -0.3 is 56.6 Å². The molecular formula is C50H101N2O12+. The fraction of sp³-hybridized carbons (Fsp3) is 0.980. The van der Waals surface area contributed by atoms with Gasteiger partial charge in [-0.3, -0.25) is 9.69 Å². The van der Waals surface area contributed by atoms with Crippen LogP contribution in [-0.4, -0.2) is 200 Å². The maximum Gasteiger partial charge on any atom is 0.307 e. The largest absolute Gasteiger partial charge is 0.463 e. The molecule has 14 heteroatoms. The molecule has 0 radical (unpaired) electrons. The number of carbonyl (C=O) groups is 1. The third kappa shape index (κ3) is 44.8. The van der Waals surface area contributed by atoms with E-state index in [1.54, 1.807) is 0 Å². The lowest BCUT2D eigenvalue weighted by Crippen LogP contribution is -2.57. The number of esters is 1. The molecule has 1 heterocycles. The summed E-state index contributed by atoms with van der Waals surface area (Å²) in [6.07, 6.45) is 25.1. The van der Waals surface area contributed by atoms with Crippen molar-refractivity contribution in [1.82, 2.24) is 4.90 Å². The van der Waals surface area contributed by atoms with Gasteiger partial charge in [0.05, 0.1) is 159 Å². The van der Waals surface area contributed by atoms with Crippen molar-refractivity contribution in [2.75, 3.05) is 185 Å². The minimum atomic E-state index is -0.160. The van der Waals surface area contributed by atoms with Gasteiger partial charge in [-0.2, -0.15) is 0 Å². The maximum absolute atomic E-state index is 12.1. The van der Waals surface area contributed by atoms with Crippen molar-refractivity contribution in [2.45, 2.75) is 136 Å². The van der Waals surface area contributed by atoms with Crippen LogP contribution in [0.25, 0.3) is 0 Å². The third-order valence-corrected chi connectivity index (χ3v) is 11.6. The van der Waals surface area contributed by atoms with Crippen LogP contribution in [0.3, 0.4) is 0 Å². The van der Waals surface area contributed by atoms with Crippen LogP contribution in [0.2, 0.25) is 0 Å². The first-order valence-electron chi connectivity index (χ1n) is 26.1. The van der Waals surface area contributed by atoms with Crippen molar-refractivity contribution in [3.8, 4) is 0 Å². The molecule has 0 spiro atoms. The molecule has 1 saturated heterocycles. The topological polar surface area (TPSA) is 122 Å². The molecule has 1 aliphatic rings. The molecule has 0 aliphatic carbocycles. The molecule has 1 aliphatic heterocycles. The molecule has 0 unspecified atom stereocenters. The molecule has 0 aromatic rings. The Hall–Kier alpha value is -1.01. The Morgan fingerprint density at radius 2 is 0.656 bits per heavy atom. The summed E-state index contributed by atoms with van der Waals surface area (Å²) in [6, 6.07) is 0. The van der Waals surface area contributed by atoms with E-state index in [1.165, 1.54) is 116 Å². The van der Waals surface area contributed by atoms with Gasteiger partial charge in [-0.1, -0.05) is 117 Å². The van der Waals surface area contributed by atoms with Crippen LogP contribution in [0.15, 0.2) is 0 Å². The lowest BCUT2D eigenvalue weighted by Gasteiger charge is -2.42. The van der Waals surface area contributed by atoms with Crippen molar-refractivity contribution in [1.29, 1.82) is 0 Å². The fourth-order valence-corrected chi connectivity index (χ4v) is 7.35. The first-order chi connectivity index (χ1) is 31.6. The zero-order valence-corrected chi connectivity index (χ0v) is 41.8. The normalized spacial score (nSPS) is 14.2. The maximum atomic E-state index is 12.1. The van der Waals surface area contributed by atoms with Crippen molar-refractivity contribution < 1.29 is 61.4 Å². The molecule has 0 amide bonds. The molecule has 0 atom stereocenters. The summed E-state index contributed by atoms with van der Waals surface area (Å²) in [5.41, 5.74) is 0. The molecule has 0 N–H and O–H groups in total. The van der Waals surface area contributed by atoms with Crippen LogP contribution in [0.5, 0.6) is 0 Å². The highest BCUT2D eigenvalue weighted by atomic mass is 16.6. The summed E-state index contributed by atoms with van der Waals surface area (Å²) < 4.78 is 62.0. The van der Waals surface area contributed by atoms with Gasteiger partial charge in [-0.15, -0.1) is 0 Å². The van der Waals surface area contributed by atoms with Crippen molar-refractivity contribution >= 4 is 5.97 Å². The predicted octanol–water partition coefficient (Wildman–Crippen LogP) is 7.91. The molecule has 1 rings (SSSR count). The number of rotatable bonds is 53. The minimum Gasteiger partial charge on any atom is -0.463 e. The van der Waals surface area contributed by atoms with E-state index in [0.717, 1.165) is 50.2 Å². The third-order valence-electron chi connectivity index (χ3n) is 11.6.